The molecule has 0 saturated heterocycles. The molecule has 0 fully saturated rings. The highest BCUT2D eigenvalue weighted by Gasteiger charge is 2.22. The van der Waals surface area contributed by atoms with Gasteiger partial charge in [-0.15, -0.1) is 0 Å². The number of fused-ring (bicyclic) bond motifs is 1. The number of nitrogens with zero attached hydrogens (tertiary/aromatic N) is 3. The van der Waals surface area contributed by atoms with Gasteiger partial charge in [-0.1, -0.05) is 11.6 Å². The average molecular weight is 492 g/mol. The van der Waals surface area contributed by atoms with Gasteiger partial charge in [0.25, 0.3) is 10.0 Å². The molecule has 2 aromatic carbocycles. The fraction of sp³-hybridized carbons (Fsp3) is 0.0952. The molecule has 0 radical (unpaired) electrons. The zero-order valence-corrected chi connectivity index (χ0v) is 18.8. The Morgan fingerprint density at radius 3 is 2.58 bits per heavy atom. The molecule has 0 aliphatic heterocycles. The number of sulfonamides is 1. The minimum Gasteiger partial charge on any atom is -0.497 e. The van der Waals surface area contributed by atoms with Crippen molar-refractivity contribution < 1.29 is 21.9 Å². The van der Waals surface area contributed by atoms with Gasteiger partial charge < -0.3 is 10.1 Å². The molecule has 33 heavy (non-hydrogen) atoms. The second-order valence-electron chi connectivity index (χ2n) is 6.87. The van der Waals surface area contributed by atoms with Gasteiger partial charge in [0.15, 0.2) is 11.6 Å². The monoisotopic (exact) mass is 491 g/mol. The van der Waals surface area contributed by atoms with Crippen molar-refractivity contribution in [2.45, 2.75) is 11.8 Å². The van der Waals surface area contributed by atoms with Gasteiger partial charge in [0.05, 0.1) is 23.2 Å². The van der Waals surface area contributed by atoms with Gasteiger partial charge in [0, 0.05) is 0 Å². The van der Waals surface area contributed by atoms with Crippen LogP contribution < -0.4 is 14.8 Å². The van der Waals surface area contributed by atoms with Crippen molar-refractivity contribution in [2.75, 3.05) is 17.1 Å². The molecule has 4 aromatic rings. The van der Waals surface area contributed by atoms with E-state index in [1.54, 1.807) is 13.0 Å². The first-order chi connectivity index (χ1) is 15.7. The van der Waals surface area contributed by atoms with E-state index in [1.807, 2.05) is 0 Å². The van der Waals surface area contributed by atoms with Gasteiger partial charge in [-0.2, -0.15) is 0 Å². The first kappa shape index (κ1) is 22.6. The van der Waals surface area contributed by atoms with Crippen molar-refractivity contribution in [3.63, 3.8) is 0 Å². The Kier molecular flexibility index (Phi) is 6.00. The van der Waals surface area contributed by atoms with E-state index in [9.17, 15) is 12.8 Å². The molecule has 0 unspecified atom stereocenters. The number of pyridine rings is 1. The maximum Gasteiger partial charge on any atom is 0.262 e. The first-order valence-electron chi connectivity index (χ1n) is 9.39. The van der Waals surface area contributed by atoms with Gasteiger partial charge in [-0.05, 0) is 55.0 Å². The molecule has 12 heteroatoms. The van der Waals surface area contributed by atoms with Crippen LogP contribution in [0.2, 0.25) is 5.15 Å². The van der Waals surface area contributed by atoms with Crippen molar-refractivity contribution >= 4 is 49.9 Å². The largest absolute Gasteiger partial charge is 0.497 e. The number of anilines is 3. The third-order valence-electron chi connectivity index (χ3n) is 4.70. The van der Waals surface area contributed by atoms with E-state index in [2.05, 4.69) is 25.0 Å². The van der Waals surface area contributed by atoms with Crippen LogP contribution in [-0.4, -0.2) is 30.5 Å². The van der Waals surface area contributed by atoms with Crippen LogP contribution in [0.15, 0.2) is 53.7 Å². The van der Waals surface area contributed by atoms with Crippen molar-refractivity contribution in [1.82, 2.24) is 15.0 Å². The van der Waals surface area contributed by atoms with Crippen molar-refractivity contribution in [1.29, 1.82) is 0 Å². The van der Waals surface area contributed by atoms with E-state index in [0.717, 1.165) is 12.1 Å². The zero-order valence-electron chi connectivity index (χ0n) is 17.2. The van der Waals surface area contributed by atoms with Crippen molar-refractivity contribution in [2.24, 2.45) is 0 Å². The molecule has 0 bridgehead atoms. The summed E-state index contributed by atoms with van der Waals surface area (Å²) in [5.41, 5.74) is -0.117. The van der Waals surface area contributed by atoms with Gasteiger partial charge >= 0.3 is 0 Å². The zero-order chi connectivity index (χ0) is 23.8. The Morgan fingerprint density at radius 1 is 1.06 bits per heavy atom. The predicted octanol–water partition coefficient (Wildman–Crippen LogP) is 4.82. The molecule has 0 aliphatic rings. The van der Waals surface area contributed by atoms with Gasteiger partial charge in [0.1, 0.15) is 34.3 Å². The summed E-state index contributed by atoms with van der Waals surface area (Å²) in [7, 11) is -2.73. The third-order valence-corrected chi connectivity index (χ3v) is 6.43. The lowest BCUT2D eigenvalue weighted by Gasteiger charge is -2.15. The van der Waals surface area contributed by atoms with Gasteiger partial charge in [-0.3, -0.25) is 4.72 Å². The highest BCUT2D eigenvalue weighted by molar-refractivity contribution is 7.92. The summed E-state index contributed by atoms with van der Waals surface area (Å²) in [5, 5.41) is 2.67. The topological polar surface area (TPSA) is 106 Å². The summed E-state index contributed by atoms with van der Waals surface area (Å²) in [5.74, 6) is -1.67. The molecule has 2 aromatic heterocycles. The molecule has 0 amide bonds. The van der Waals surface area contributed by atoms with Crippen molar-refractivity contribution in [3.05, 3.63) is 71.1 Å². The Hall–Kier alpha value is -3.57. The highest BCUT2D eigenvalue weighted by atomic mass is 35.5. The molecule has 2 heterocycles. The number of hydrogen-bond donors (Lipinski definition) is 2. The third kappa shape index (κ3) is 4.50. The quantitative estimate of drug-likeness (QED) is 0.372. The number of methoxy groups -OCH3 is 1. The molecule has 2 N–H and O–H groups in total. The van der Waals surface area contributed by atoms with E-state index >= 15 is 4.39 Å². The predicted molar refractivity (Wildman–Crippen MR) is 121 cm³/mol. The number of halogens is 3. The van der Waals surface area contributed by atoms with Gasteiger partial charge in [-0.25, -0.2) is 32.2 Å². The van der Waals surface area contributed by atoms with Crippen LogP contribution in [0.1, 0.15) is 5.56 Å². The second-order valence-corrected chi connectivity index (χ2v) is 8.91. The minimum atomic E-state index is -4.19. The number of nitrogens with one attached hydrogen (secondary N) is 2. The number of benzene rings is 2. The fourth-order valence-corrected chi connectivity index (χ4v) is 4.56. The lowest BCUT2D eigenvalue weighted by atomic mass is 10.2. The summed E-state index contributed by atoms with van der Waals surface area (Å²) in [6, 6.07) is 9.33. The maximum atomic E-state index is 15.2. The minimum absolute atomic E-state index is 0.00805. The first-order valence-corrected chi connectivity index (χ1v) is 11.3. The van der Waals surface area contributed by atoms with Crippen LogP contribution in [0.3, 0.4) is 0 Å². The molecular formula is C21H16ClF2N5O3S. The standard InChI is InChI=1S/C21H16ClF2N5O3S/c1-11-9-12(32-2)3-7-16(11)33(30,31)29-14-5-4-13(23)19(18(14)24)28-21-20-15(25-10-26-21)6-8-17(22)27-20/h3-10,29H,1-2H3,(H,25,26,28). The average Bonchev–Trinajstić information content (AvgIpc) is 2.78. The molecular weight excluding hydrogens is 476 g/mol. The SMILES string of the molecule is COc1ccc(S(=O)(=O)Nc2ccc(F)c(Nc3ncnc4ccc(Cl)nc34)c2F)c(C)c1. The van der Waals surface area contributed by atoms with Gasteiger partial charge in [0.2, 0.25) is 0 Å². The number of aryl methyl sites for hydroxylation is 1. The lowest BCUT2D eigenvalue weighted by molar-refractivity contribution is 0.414. The maximum absolute atomic E-state index is 15.2. The number of aromatic nitrogens is 3. The van der Waals surface area contributed by atoms with E-state index in [0.29, 0.717) is 16.8 Å². The number of rotatable bonds is 6. The lowest BCUT2D eigenvalue weighted by Crippen LogP contribution is -2.16. The van der Waals surface area contributed by atoms with Crippen LogP contribution in [0, 0.1) is 18.6 Å². The number of ether oxygens (including phenoxy) is 1. The normalized spacial score (nSPS) is 11.4. The smallest absolute Gasteiger partial charge is 0.262 e. The highest BCUT2D eigenvalue weighted by Crippen LogP contribution is 2.32. The van der Waals surface area contributed by atoms with Crippen LogP contribution in [0.4, 0.5) is 26.0 Å². The number of hydrogen-bond acceptors (Lipinski definition) is 7. The van der Waals surface area contributed by atoms with E-state index < -0.39 is 33.0 Å². The Balaban J connectivity index is 1.72. The summed E-state index contributed by atoms with van der Waals surface area (Å²) in [6.45, 7) is 1.57. The molecule has 4 rings (SSSR count). The summed E-state index contributed by atoms with van der Waals surface area (Å²) < 4.78 is 62.7. The Bertz CT molecular complexity index is 1480. The summed E-state index contributed by atoms with van der Waals surface area (Å²) in [4.78, 5) is 12.0. The molecule has 8 nitrogen and oxygen atoms in total. The molecule has 170 valence electrons. The Morgan fingerprint density at radius 2 is 1.85 bits per heavy atom. The van der Waals surface area contributed by atoms with Crippen LogP contribution in [0.25, 0.3) is 11.0 Å². The van der Waals surface area contributed by atoms with Crippen LogP contribution >= 0.6 is 11.6 Å². The van der Waals surface area contributed by atoms with Crippen LogP contribution in [0.5, 0.6) is 5.75 Å². The van der Waals surface area contributed by atoms with Crippen LogP contribution in [-0.2, 0) is 10.0 Å². The fourth-order valence-electron chi connectivity index (χ4n) is 3.12. The molecule has 0 spiro atoms. The molecule has 0 atom stereocenters. The summed E-state index contributed by atoms with van der Waals surface area (Å²) >= 11 is 5.92. The molecule has 0 saturated carbocycles. The van der Waals surface area contributed by atoms with E-state index in [-0.39, 0.29) is 21.4 Å². The Labute approximate surface area is 192 Å². The summed E-state index contributed by atoms with van der Waals surface area (Å²) in [6.07, 6.45) is 1.19. The second kappa shape index (κ2) is 8.75. The van der Waals surface area contributed by atoms with Crippen molar-refractivity contribution in [3.8, 4) is 5.75 Å². The van der Waals surface area contributed by atoms with E-state index in [4.69, 9.17) is 16.3 Å². The van der Waals surface area contributed by atoms with E-state index in [1.165, 1.54) is 37.7 Å². The molecule has 0 aliphatic carbocycles.